The lowest BCUT2D eigenvalue weighted by molar-refractivity contribution is 0.0640. The van der Waals surface area contributed by atoms with Gasteiger partial charge in [-0.1, -0.05) is 36.4 Å². The zero-order chi connectivity index (χ0) is 17.6. The van der Waals surface area contributed by atoms with Crippen molar-refractivity contribution in [3.8, 4) is 0 Å². The Kier molecular flexibility index (Phi) is 5.09. The molecule has 1 heterocycles. The van der Waals surface area contributed by atoms with Crippen molar-refractivity contribution in [2.45, 2.75) is 13.8 Å². The van der Waals surface area contributed by atoms with Gasteiger partial charge in [-0.25, -0.2) is 9.78 Å². The molecule has 1 aromatic heterocycles. The standard InChI is InChI=1S/C21H20N2O2/c1-3-15(13-14-22-4-2)25-21(24)20-16-9-5-7-11-18(16)23-19-12-8-6-10-17(19)20/h3,5-14,22H,4H2,1-2H3/b14-13-,15-3+. The number of nitrogens with zero attached hydrogens (tertiary/aromatic N) is 1. The quantitative estimate of drug-likeness (QED) is 0.322. The number of allylic oxidation sites excluding steroid dienone is 2. The number of pyridine rings is 1. The molecule has 0 atom stereocenters. The molecule has 0 amide bonds. The maximum atomic E-state index is 12.9. The highest BCUT2D eigenvalue weighted by Gasteiger charge is 2.17. The van der Waals surface area contributed by atoms with Gasteiger partial charge in [0.15, 0.2) is 0 Å². The average Bonchev–Trinajstić information content (AvgIpc) is 2.65. The molecule has 0 radical (unpaired) electrons. The van der Waals surface area contributed by atoms with Crippen LogP contribution in [0.25, 0.3) is 21.8 Å². The van der Waals surface area contributed by atoms with Gasteiger partial charge in [-0.2, -0.15) is 0 Å². The number of carbonyl (C=O) groups excluding carboxylic acids is 1. The minimum atomic E-state index is -0.385. The minimum absolute atomic E-state index is 0.385. The van der Waals surface area contributed by atoms with Crippen LogP contribution in [-0.2, 0) is 4.74 Å². The fourth-order valence-corrected chi connectivity index (χ4v) is 2.67. The van der Waals surface area contributed by atoms with Crippen LogP contribution in [0, 0.1) is 0 Å². The summed E-state index contributed by atoms with van der Waals surface area (Å²) in [4.78, 5) is 17.6. The van der Waals surface area contributed by atoms with Crippen molar-refractivity contribution in [1.82, 2.24) is 10.3 Å². The predicted octanol–water partition coefficient (Wildman–Crippen LogP) is 4.57. The molecule has 0 bridgehead atoms. The Hall–Kier alpha value is -3.14. The minimum Gasteiger partial charge on any atom is -0.423 e. The fourth-order valence-electron chi connectivity index (χ4n) is 2.67. The Labute approximate surface area is 146 Å². The second kappa shape index (κ2) is 7.62. The zero-order valence-corrected chi connectivity index (χ0v) is 14.3. The van der Waals surface area contributed by atoms with Gasteiger partial charge in [0, 0.05) is 23.5 Å². The van der Waals surface area contributed by atoms with E-state index in [0.29, 0.717) is 11.3 Å². The van der Waals surface area contributed by atoms with Crippen molar-refractivity contribution >= 4 is 27.8 Å². The summed E-state index contributed by atoms with van der Waals surface area (Å²) in [7, 11) is 0. The molecule has 0 unspecified atom stereocenters. The Bertz CT molecular complexity index is 920. The van der Waals surface area contributed by atoms with Gasteiger partial charge in [-0.15, -0.1) is 0 Å². The maximum Gasteiger partial charge on any atom is 0.344 e. The van der Waals surface area contributed by atoms with Gasteiger partial charge < -0.3 is 10.1 Å². The molecule has 0 aliphatic carbocycles. The largest absolute Gasteiger partial charge is 0.423 e. The van der Waals surface area contributed by atoms with Crippen LogP contribution in [0.3, 0.4) is 0 Å². The molecule has 4 heteroatoms. The average molecular weight is 332 g/mol. The number of para-hydroxylation sites is 2. The molecular weight excluding hydrogens is 312 g/mol. The molecule has 0 saturated heterocycles. The molecule has 2 aromatic carbocycles. The van der Waals surface area contributed by atoms with E-state index in [1.165, 1.54) is 0 Å². The highest BCUT2D eigenvalue weighted by molar-refractivity contribution is 6.14. The maximum absolute atomic E-state index is 12.9. The zero-order valence-electron chi connectivity index (χ0n) is 14.3. The van der Waals surface area contributed by atoms with Crippen LogP contribution in [0.1, 0.15) is 24.2 Å². The molecule has 3 aromatic rings. The normalized spacial score (nSPS) is 12.0. The first-order valence-corrected chi connectivity index (χ1v) is 8.30. The van der Waals surface area contributed by atoms with E-state index in [2.05, 4.69) is 10.3 Å². The molecule has 1 N–H and O–H groups in total. The summed E-state index contributed by atoms with van der Waals surface area (Å²) in [5.41, 5.74) is 2.09. The van der Waals surface area contributed by atoms with Gasteiger partial charge in [0.2, 0.25) is 0 Å². The van der Waals surface area contributed by atoms with Gasteiger partial charge >= 0.3 is 5.97 Å². The number of ether oxygens (including phenoxy) is 1. The Morgan fingerprint density at radius 2 is 1.68 bits per heavy atom. The van der Waals surface area contributed by atoms with Crippen molar-refractivity contribution < 1.29 is 9.53 Å². The summed E-state index contributed by atoms with van der Waals surface area (Å²) in [5.74, 6) is 0.111. The summed E-state index contributed by atoms with van der Waals surface area (Å²) in [6.07, 6.45) is 5.27. The van der Waals surface area contributed by atoms with Crippen molar-refractivity contribution in [3.05, 3.63) is 78.2 Å². The second-order valence-electron chi connectivity index (χ2n) is 5.49. The number of rotatable bonds is 5. The third-order valence-electron chi connectivity index (χ3n) is 3.86. The van der Waals surface area contributed by atoms with E-state index in [-0.39, 0.29) is 5.97 Å². The summed E-state index contributed by atoms with van der Waals surface area (Å²) in [5, 5.41) is 4.64. The molecular formula is C21H20N2O2. The molecule has 25 heavy (non-hydrogen) atoms. The molecule has 3 rings (SSSR count). The number of hydrogen-bond donors (Lipinski definition) is 1. The molecule has 0 saturated carbocycles. The molecule has 0 spiro atoms. The highest BCUT2D eigenvalue weighted by atomic mass is 16.5. The van der Waals surface area contributed by atoms with Crippen molar-refractivity contribution in [3.63, 3.8) is 0 Å². The summed E-state index contributed by atoms with van der Waals surface area (Å²) in [6.45, 7) is 4.64. The van der Waals surface area contributed by atoms with Gasteiger partial charge in [0.1, 0.15) is 5.76 Å². The third-order valence-corrected chi connectivity index (χ3v) is 3.86. The van der Waals surface area contributed by atoms with Gasteiger partial charge in [0.05, 0.1) is 16.6 Å². The van der Waals surface area contributed by atoms with E-state index < -0.39 is 0 Å². The molecule has 0 fully saturated rings. The number of nitrogens with one attached hydrogen (secondary N) is 1. The first kappa shape index (κ1) is 16.7. The number of hydrogen-bond acceptors (Lipinski definition) is 4. The highest BCUT2D eigenvalue weighted by Crippen LogP contribution is 2.27. The molecule has 0 aliphatic rings. The van der Waals surface area contributed by atoms with Gasteiger partial charge in [-0.05, 0) is 38.1 Å². The van der Waals surface area contributed by atoms with Crippen molar-refractivity contribution in [2.75, 3.05) is 6.54 Å². The van der Waals surface area contributed by atoms with E-state index >= 15 is 0 Å². The monoisotopic (exact) mass is 332 g/mol. The van der Waals surface area contributed by atoms with E-state index in [4.69, 9.17) is 4.74 Å². The lowest BCUT2D eigenvalue weighted by atomic mass is 10.0. The van der Waals surface area contributed by atoms with Crippen molar-refractivity contribution in [1.29, 1.82) is 0 Å². The van der Waals surface area contributed by atoms with Crippen LogP contribution in [0.5, 0.6) is 0 Å². The first-order valence-electron chi connectivity index (χ1n) is 8.30. The number of carbonyl (C=O) groups is 1. The molecule has 0 aliphatic heterocycles. The second-order valence-corrected chi connectivity index (χ2v) is 5.49. The van der Waals surface area contributed by atoms with E-state index in [0.717, 1.165) is 28.4 Å². The number of aromatic nitrogens is 1. The summed E-state index contributed by atoms with van der Waals surface area (Å²) in [6, 6.07) is 15.2. The Morgan fingerprint density at radius 1 is 1.08 bits per heavy atom. The van der Waals surface area contributed by atoms with Crippen LogP contribution in [0.2, 0.25) is 0 Å². The van der Waals surface area contributed by atoms with Crippen LogP contribution >= 0.6 is 0 Å². The Morgan fingerprint density at radius 3 is 2.24 bits per heavy atom. The van der Waals surface area contributed by atoms with Crippen LogP contribution in [0.4, 0.5) is 0 Å². The number of fused-ring (bicyclic) bond motifs is 2. The summed E-state index contributed by atoms with van der Waals surface area (Å²) < 4.78 is 5.62. The number of esters is 1. The lowest BCUT2D eigenvalue weighted by Gasteiger charge is -2.11. The fraction of sp³-hybridized carbons (Fsp3) is 0.143. The predicted molar refractivity (Wildman–Crippen MR) is 101 cm³/mol. The molecule has 4 nitrogen and oxygen atoms in total. The first-order chi connectivity index (χ1) is 12.2. The van der Waals surface area contributed by atoms with Crippen LogP contribution in [0.15, 0.2) is 72.6 Å². The number of benzene rings is 2. The SMILES string of the molecule is C/C=C(\C=C/NCC)OC(=O)c1c2ccccc2nc2ccccc12. The smallest absolute Gasteiger partial charge is 0.344 e. The lowest BCUT2D eigenvalue weighted by Crippen LogP contribution is -2.08. The van der Waals surface area contributed by atoms with E-state index in [9.17, 15) is 4.79 Å². The Balaban J connectivity index is 2.07. The van der Waals surface area contributed by atoms with Gasteiger partial charge in [-0.3, -0.25) is 0 Å². The topological polar surface area (TPSA) is 51.2 Å². The van der Waals surface area contributed by atoms with E-state index in [1.54, 1.807) is 18.4 Å². The van der Waals surface area contributed by atoms with Crippen molar-refractivity contribution in [2.24, 2.45) is 0 Å². The van der Waals surface area contributed by atoms with Crippen LogP contribution in [-0.4, -0.2) is 17.5 Å². The van der Waals surface area contributed by atoms with E-state index in [1.807, 2.05) is 62.4 Å². The van der Waals surface area contributed by atoms with Crippen LogP contribution < -0.4 is 5.32 Å². The molecule has 126 valence electrons. The summed E-state index contributed by atoms with van der Waals surface area (Å²) >= 11 is 0. The van der Waals surface area contributed by atoms with Gasteiger partial charge in [0.25, 0.3) is 0 Å². The third kappa shape index (κ3) is 3.53.